The van der Waals surface area contributed by atoms with Crippen LogP contribution in [0.4, 0.5) is 0 Å². The highest BCUT2D eigenvalue weighted by Gasteiger charge is 2.03. The largest absolute Gasteiger partial charge is 0.492 e. The van der Waals surface area contributed by atoms with E-state index in [4.69, 9.17) is 9.47 Å². The number of benzene rings is 1. The third-order valence-electron chi connectivity index (χ3n) is 3.35. The molecule has 4 nitrogen and oxygen atoms in total. The minimum Gasteiger partial charge on any atom is -0.492 e. The van der Waals surface area contributed by atoms with Gasteiger partial charge in [0, 0.05) is 32.8 Å². The fraction of sp³-hybridized carbons (Fsp3) is 0.647. The highest BCUT2D eigenvalue weighted by Crippen LogP contribution is 2.13. The summed E-state index contributed by atoms with van der Waals surface area (Å²) in [6, 6.07) is 8.80. The van der Waals surface area contributed by atoms with Crippen LogP contribution in [0.1, 0.15) is 26.3 Å². The Morgan fingerprint density at radius 3 is 2.62 bits per heavy atom. The van der Waals surface area contributed by atoms with E-state index in [1.54, 1.807) is 7.11 Å². The van der Waals surface area contributed by atoms with Gasteiger partial charge >= 0.3 is 0 Å². The zero-order valence-electron chi connectivity index (χ0n) is 13.9. The van der Waals surface area contributed by atoms with Crippen molar-refractivity contribution in [2.75, 3.05) is 40.0 Å². The predicted octanol–water partition coefficient (Wildman–Crippen LogP) is 2.53. The maximum atomic E-state index is 5.86. The summed E-state index contributed by atoms with van der Waals surface area (Å²) >= 11 is 0. The molecule has 0 aromatic heterocycles. The first-order valence-corrected chi connectivity index (χ1v) is 7.82. The van der Waals surface area contributed by atoms with Crippen molar-refractivity contribution in [3.05, 3.63) is 29.8 Å². The van der Waals surface area contributed by atoms with Crippen molar-refractivity contribution in [2.45, 2.75) is 33.4 Å². The van der Waals surface area contributed by atoms with Crippen LogP contribution in [0.2, 0.25) is 0 Å². The van der Waals surface area contributed by atoms with E-state index >= 15 is 0 Å². The molecule has 0 aliphatic rings. The lowest BCUT2D eigenvalue weighted by Crippen LogP contribution is -2.31. The van der Waals surface area contributed by atoms with E-state index in [9.17, 15) is 0 Å². The molecule has 0 heterocycles. The molecule has 0 bridgehead atoms. The zero-order valence-corrected chi connectivity index (χ0v) is 13.9. The van der Waals surface area contributed by atoms with E-state index in [1.165, 1.54) is 5.56 Å². The zero-order chi connectivity index (χ0) is 15.5. The molecule has 0 aliphatic heterocycles. The summed E-state index contributed by atoms with van der Waals surface area (Å²) in [5.41, 5.74) is 1.26. The van der Waals surface area contributed by atoms with E-state index in [0.717, 1.165) is 38.5 Å². The first-order valence-electron chi connectivity index (χ1n) is 7.82. The lowest BCUT2D eigenvalue weighted by Gasteiger charge is -2.20. The van der Waals surface area contributed by atoms with E-state index in [-0.39, 0.29) is 0 Å². The second-order valence-electron chi connectivity index (χ2n) is 5.46. The van der Waals surface area contributed by atoms with Crippen molar-refractivity contribution >= 4 is 0 Å². The normalized spacial score (nSPS) is 11.3. The maximum absolute atomic E-state index is 5.86. The molecular weight excluding hydrogens is 264 g/mol. The molecule has 0 atom stereocenters. The van der Waals surface area contributed by atoms with Crippen molar-refractivity contribution < 1.29 is 9.47 Å². The van der Waals surface area contributed by atoms with Gasteiger partial charge in [0.05, 0.1) is 6.61 Å². The van der Waals surface area contributed by atoms with Gasteiger partial charge in [-0.15, -0.1) is 0 Å². The standard InChI is InChI=1S/C17H30N2O2/c1-5-19(9-11-20-4)10-12-21-17-8-6-7-16(13-17)14-18-15(2)3/h6-8,13,15,18H,5,9-12,14H2,1-4H3. The van der Waals surface area contributed by atoms with Crippen LogP contribution in [0.5, 0.6) is 5.75 Å². The van der Waals surface area contributed by atoms with Gasteiger partial charge in [0.25, 0.3) is 0 Å². The molecule has 0 spiro atoms. The molecule has 1 aromatic carbocycles. The number of methoxy groups -OCH3 is 1. The summed E-state index contributed by atoms with van der Waals surface area (Å²) < 4.78 is 11.0. The first-order chi connectivity index (χ1) is 10.2. The Labute approximate surface area is 129 Å². The predicted molar refractivity (Wildman–Crippen MR) is 87.9 cm³/mol. The van der Waals surface area contributed by atoms with Crippen LogP contribution < -0.4 is 10.1 Å². The molecule has 0 unspecified atom stereocenters. The summed E-state index contributed by atoms with van der Waals surface area (Å²) in [4.78, 5) is 2.33. The molecule has 21 heavy (non-hydrogen) atoms. The number of likely N-dealkylation sites (N-methyl/N-ethyl adjacent to an activating group) is 1. The molecule has 0 saturated heterocycles. The molecular formula is C17H30N2O2. The Kier molecular flexibility index (Phi) is 9.06. The fourth-order valence-corrected chi connectivity index (χ4v) is 2.01. The summed E-state index contributed by atoms with van der Waals surface area (Å²) in [7, 11) is 1.74. The number of ether oxygens (including phenoxy) is 2. The average molecular weight is 294 g/mol. The Bertz CT molecular complexity index is 383. The van der Waals surface area contributed by atoms with Gasteiger partial charge < -0.3 is 14.8 Å². The van der Waals surface area contributed by atoms with Gasteiger partial charge in [-0.05, 0) is 24.2 Å². The third-order valence-corrected chi connectivity index (χ3v) is 3.35. The summed E-state index contributed by atoms with van der Waals surface area (Å²) in [5.74, 6) is 0.945. The average Bonchev–Trinajstić information content (AvgIpc) is 2.49. The highest BCUT2D eigenvalue weighted by atomic mass is 16.5. The van der Waals surface area contributed by atoms with Gasteiger partial charge in [0.1, 0.15) is 12.4 Å². The van der Waals surface area contributed by atoms with Crippen molar-refractivity contribution in [3.63, 3.8) is 0 Å². The fourth-order valence-electron chi connectivity index (χ4n) is 2.01. The molecule has 1 aromatic rings. The van der Waals surface area contributed by atoms with Crippen LogP contribution in [-0.2, 0) is 11.3 Å². The summed E-state index contributed by atoms with van der Waals surface area (Å²) in [5, 5.41) is 3.42. The third kappa shape index (κ3) is 8.05. The number of nitrogens with one attached hydrogen (secondary N) is 1. The topological polar surface area (TPSA) is 33.7 Å². The van der Waals surface area contributed by atoms with Crippen LogP contribution in [0.15, 0.2) is 24.3 Å². The number of nitrogens with zero attached hydrogens (tertiary/aromatic N) is 1. The van der Waals surface area contributed by atoms with Crippen LogP contribution in [0.3, 0.4) is 0 Å². The smallest absolute Gasteiger partial charge is 0.119 e. The SMILES string of the molecule is CCN(CCOC)CCOc1cccc(CNC(C)C)c1. The lowest BCUT2D eigenvalue weighted by atomic mass is 10.2. The van der Waals surface area contributed by atoms with E-state index in [0.29, 0.717) is 12.6 Å². The second-order valence-corrected chi connectivity index (χ2v) is 5.46. The molecule has 0 radical (unpaired) electrons. The van der Waals surface area contributed by atoms with Gasteiger partial charge in [-0.2, -0.15) is 0 Å². The van der Waals surface area contributed by atoms with Crippen molar-refractivity contribution in [1.29, 1.82) is 0 Å². The molecule has 0 amide bonds. The Morgan fingerprint density at radius 2 is 1.95 bits per heavy atom. The molecule has 0 fully saturated rings. The molecule has 120 valence electrons. The maximum Gasteiger partial charge on any atom is 0.119 e. The minimum absolute atomic E-state index is 0.494. The number of rotatable bonds is 11. The summed E-state index contributed by atoms with van der Waals surface area (Å²) in [6.45, 7) is 11.7. The van der Waals surface area contributed by atoms with Crippen molar-refractivity contribution in [2.24, 2.45) is 0 Å². The molecule has 0 aliphatic carbocycles. The van der Waals surface area contributed by atoms with Gasteiger partial charge in [0.15, 0.2) is 0 Å². The van der Waals surface area contributed by atoms with E-state index in [1.807, 2.05) is 6.07 Å². The molecule has 4 heteroatoms. The van der Waals surface area contributed by atoms with Crippen molar-refractivity contribution in [1.82, 2.24) is 10.2 Å². The van der Waals surface area contributed by atoms with Crippen LogP contribution in [0, 0.1) is 0 Å². The Hall–Kier alpha value is -1.10. The van der Waals surface area contributed by atoms with Gasteiger partial charge in [-0.1, -0.05) is 32.9 Å². The van der Waals surface area contributed by atoms with Crippen LogP contribution in [0.25, 0.3) is 0 Å². The van der Waals surface area contributed by atoms with E-state index < -0.39 is 0 Å². The van der Waals surface area contributed by atoms with Gasteiger partial charge in [-0.25, -0.2) is 0 Å². The Morgan fingerprint density at radius 1 is 1.19 bits per heavy atom. The quantitative estimate of drug-likeness (QED) is 0.680. The van der Waals surface area contributed by atoms with Gasteiger partial charge in [0.2, 0.25) is 0 Å². The molecule has 1 N–H and O–H groups in total. The van der Waals surface area contributed by atoms with Crippen molar-refractivity contribution in [3.8, 4) is 5.75 Å². The molecule has 0 saturated carbocycles. The first kappa shape index (κ1) is 18.0. The summed E-state index contributed by atoms with van der Waals surface area (Å²) in [6.07, 6.45) is 0. The highest BCUT2D eigenvalue weighted by molar-refractivity contribution is 5.28. The minimum atomic E-state index is 0.494. The van der Waals surface area contributed by atoms with Crippen LogP contribution in [-0.4, -0.2) is 50.9 Å². The van der Waals surface area contributed by atoms with E-state index in [2.05, 4.69) is 49.2 Å². The number of hydrogen-bond donors (Lipinski definition) is 1. The monoisotopic (exact) mass is 294 g/mol. The van der Waals surface area contributed by atoms with Crippen LogP contribution >= 0.6 is 0 Å². The number of hydrogen-bond acceptors (Lipinski definition) is 4. The second kappa shape index (κ2) is 10.6. The lowest BCUT2D eigenvalue weighted by molar-refractivity contribution is 0.138. The Balaban J connectivity index is 2.35. The van der Waals surface area contributed by atoms with Gasteiger partial charge in [-0.3, -0.25) is 4.90 Å². The molecule has 1 rings (SSSR count).